The molecule has 140 valence electrons. The summed E-state index contributed by atoms with van der Waals surface area (Å²) in [7, 11) is -3.86. The Labute approximate surface area is 156 Å². The van der Waals surface area contributed by atoms with Crippen LogP contribution in [0.5, 0.6) is 0 Å². The minimum Gasteiger partial charge on any atom is -0.465 e. The summed E-state index contributed by atoms with van der Waals surface area (Å²) in [6.07, 6.45) is 0. The monoisotopic (exact) mass is 434 g/mol. The van der Waals surface area contributed by atoms with E-state index in [-0.39, 0.29) is 25.6 Å². The lowest BCUT2D eigenvalue weighted by molar-refractivity contribution is -0.143. The van der Waals surface area contributed by atoms with Crippen molar-refractivity contribution < 1.29 is 27.9 Å². The van der Waals surface area contributed by atoms with Gasteiger partial charge in [0, 0.05) is 16.0 Å². The van der Waals surface area contributed by atoms with Gasteiger partial charge in [0.15, 0.2) is 11.4 Å². The molecule has 25 heavy (non-hydrogen) atoms. The van der Waals surface area contributed by atoms with Crippen molar-refractivity contribution in [1.82, 2.24) is 0 Å². The number of ether oxygens (including phenoxy) is 1. The van der Waals surface area contributed by atoms with Crippen molar-refractivity contribution >= 4 is 35.3 Å². The van der Waals surface area contributed by atoms with E-state index in [0.29, 0.717) is 5.56 Å². The van der Waals surface area contributed by atoms with Gasteiger partial charge >= 0.3 is 13.6 Å². The molecule has 8 heteroatoms. The summed E-state index contributed by atoms with van der Waals surface area (Å²) >= 11 is 3.31. The number of benzene rings is 1. The van der Waals surface area contributed by atoms with Gasteiger partial charge in [0.05, 0.1) is 19.8 Å². The van der Waals surface area contributed by atoms with Gasteiger partial charge in [0.2, 0.25) is 0 Å². The van der Waals surface area contributed by atoms with Crippen molar-refractivity contribution in [3.05, 3.63) is 34.3 Å². The molecule has 0 unspecified atom stereocenters. The van der Waals surface area contributed by atoms with Crippen LogP contribution in [-0.2, 0) is 23.1 Å². The standard InChI is InChI=1S/C17H24BrO6P/c1-5-22-17(20)16(25(21,23-6-2)24-7-3)12(4)15(19)13-8-10-14(18)11-9-13/h8-12,16H,5-7H2,1-4H3/t12-,16-/m1/s1. The van der Waals surface area contributed by atoms with Crippen molar-refractivity contribution in [3.8, 4) is 0 Å². The predicted octanol–water partition coefficient (Wildman–Crippen LogP) is 4.47. The van der Waals surface area contributed by atoms with E-state index in [9.17, 15) is 14.2 Å². The second-order valence-corrected chi connectivity index (χ2v) is 8.30. The molecule has 0 spiro atoms. The van der Waals surface area contributed by atoms with Crippen molar-refractivity contribution in [2.75, 3.05) is 19.8 Å². The lowest BCUT2D eigenvalue weighted by atomic mass is 9.96. The fourth-order valence-corrected chi connectivity index (χ4v) is 4.81. The van der Waals surface area contributed by atoms with Crippen LogP contribution in [0.1, 0.15) is 38.1 Å². The van der Waals surface area contributed by atoms with Gasteiger partial charge in [0.1, 0.15) is 0 Å². The van der Waals surface area contributed by atoms with Gasteiger partial charge in [-0.25, -0.2) is 0 Å². The van der Waals surface area contributed by atoms with Crippen LogP contribution in [0, 0.1) is 5.92 Å². The maximum Gasteiger partial charge on any atom is 0.345 e. The van der Waals surface area contributed by atoms with E-state index in [4.69, 9.17) is 13.8 Å². The molecule has 6 nitrogen and oxygen atoms in total. The summed E-state index contributed by atoms with van der Waals surface area (Å²) in [4.78, 5) is 25.3. The third-order valence-corrected chi connectivity index (χ3v) is 6.61. The molecule has 2 atom stereocenters. The lowest BCUT2D eigenvalue weighted by Crippen LogP contribution is -2.36. The average Bonchev–Trinajstić information content (AvgIpc) is 2.55. The smallest absolute Gasteiger partial charge is 0.345 e. The minimum atomic E-state index is -3.86. The highest BCUT2D eigenvalue weighted by Crippen LogP contribution is 2.56. The molecule has 0 aliphatic rings. The summed E-state index contributed by atoms with van der Waals surface area (Å²) in [5.41, 5.74) is -0.909. The molecule has 0 saturated heterocycles. The molecule has 0 bridgehead atoms. The van der Waals surface area contributed by atoms with Crippen LogP contribution < -0.4 is 0 Å². The summed E-state index contributed by atoms with van der Waals surface area (Å²) < 4.78 is 29.6. The Kier molecular flexibility index (Phi) is 9.00. The first-order chi connectivity index (χ1) is 11.8. The van der Waals surface area contributed by atoms with Gasteiger partial charge in [-0.1, -0.05) is 35.0 Å². The molecular formula is C17H24BrO6P. The van der Waals surface area contributed by atoms with Crippen molar-refractivity contribution in [1.29, 1.82) is 0 Å². The Balaban J connectivity index is 3.25. The predicted molar refractivity (Wildman–Crippen MR) is 98.9 cm³/mol. The molecule has 0 saturated carbocycles. The normalized spacial score (nSPS) is 14.0. The molecule has 0 aliphatic heterocycles. The molecule has 0 aliphatic carbocycles. The quantitative estimate of drug-likeness (QED) is 0.307. The molecule has 1 aromatic carbocycles. The number of Topliss-reactive ketones (excluding diaryl/α,β-unsaturated/α-hetero) is 1. The number of esters is 1. The number of carbonyl (C=O) groups excluding carboxylic acids is 2. The Morgan fingerprint density at radius 1 is 1.04 bits per heavy atom. The second kappa shape index (κ2) is 10.2. The SMILES string of the molecule is CCOC(=O)[C@@H]([C@H](C)C(=O)c1ccc(Br)cc1)P(=O)(OCC)OCC. The van der Waals surface area contributed by atoms with Crippen LogP contribution in [0.2, 0.25) is 0 Å². The third kappa shape index (κ3) is 5.74. The fraction of sp³-hybridized carbons (Fsp3) is 0.529. The van der Waals surface area contributed by atoms with E-state index in [1.807, 2.05) is 0 Å². The van der Waals surface area contributed by atoms with Gasteiger partial charge in [-0.3, -0.25) is 14.2 Å². The summed E-state index contributed by atoms with van der Waals surface area (Å²) in [5, 5.41) is 0. The van der Waals surface area contributed by atoms with E-state index >= 15 is 0 Å². The van der Waals surface area contributed by atoms with Crippen LogP contribution in [0.15, 0.2) is 28.7 Å². The van der Waals surface area contributed by atoms with Crippen LogP contribution in [0.4, 0.5) is 0 Å². The molecule has 0 amide bonds. The highest BCUT2D eigenvalue weighted by Gasteiger charge is 2.48. The molecule has 1 aromatic rings. The van der Waals surface area contributed by atoms with Gasteiger partial charge in [-0.05, 0) is 32.9 Å². The molecule has 0 aromatic heterocycles. The van der Waals surface area contributed by atoms with Crippen LogP contribution in [0.3, 0.4) is 0 Å². The zero-order valence-corrected chi connectivity index (χ0v) is 17.3. The first-order valence-corrected chi connectivity index (χ1v) is 10.6. The minimum absolute atomic E-state index is 0.0897. The molecule has 0 fully saturated rings. The summed E-state index contributed by atoms with van der Waals surface area (Å²) in [6.45, 7) is 6.76. The van der Waals surface area contributed by atoms with Gasteiger partial charge in [-0.15, -0.1) is 0 Å². The Morgan fingerprint density at radius 3 is 2.00 bits per heavy atom. The number of rotatable bonds is 10. The number of hydrogen-bond donors (Lipinski definition) is 0. The zero-order valence-electron chi connectivity index (χ0n) is 14.9. The van der Waals surface area contributed by atoms with E-state index in [0.717, 1.165) is 4.47 Å². The van der Waals surface area contributed by atoms with Gasteiger partial charge in [0.25, 0.3) is 0 Å². The second-order valence-electron chi connectivity index (χ2n) is 5.23. The highest BCUT2D eigenvalue weighted by molar-refractivity contribution is 9.10. The third-order valence-electron chi connectivity index (χ3n) is 3.50. The van der Waals surface area contributed by atoms with Crippen molar-refractivity contribution in [2.45, 2.75) is 33.4 Å². The molecule has 1 rings (SSSR count). The van der Waals surface area contributed by atoms with E-state index in [2.05, 4.69) is 15.9 Å². The van der Waals surface area contributed by atoms with Crippen LogP contribution in [-0.4, -0.2) is 37.2 Å². The van der Waals surface area contributed by atoms with Crippen LogP contribution >= 0.6 is 23.5 Å². The topological polar surface area (TPSA) is 78.9 Å². The van der Waals surface area contributed by atoms with E-state index < -0.39 is 25.1 Å². The Morgan fingerprint density at radius 2 is 1.56 bits per heavy atom. The first kappa shape index (κ1) is 22.0. The number of carbonyl (C=O) groups is 2. The summed E-state index contributed by atoms with van der Waals surface area (Å²) in [5.74, 6) is -2.01. The van der Waals surface area contributed by atoms with Gasteiger partial charge < -0.3 is 13.8 Å². The fourth-order valence-electron chi connectivity index (χ4n) is 2.41. The average molecular weight is 435 g/mol. The van der Waals surface area contributed by atoms with Crippen LogP contribution in [0.25, 0.3) is 0 Å². The number of ketones is 1. The lowest BCUT2D eigenvalue weighted by Gasteiger charge is -2.28. The summed E-state index contributed by atoms with van der Waals surface area (Å²) in [6, 6.07) is 6.73. The number of halogens is 1. The van der Waals surface area contributed by atoms with Gasteiger partial charge in [-0.2, -0.15) is 0 Å². The van der Waals surface area contributed by atoms with Crippen molar-refractivity contribution in [3.63, 3.8) is 0 Å². The molecule has 0 heterocycles. The maximum atomic E-state index is 13.2. The molecular weight excluding hydrogens is 411 g/mol. The molecule has 0 radical (unpaired) electrons. The molecule has 0 N–H and O–H groups in total. The Bertz CT molecular complexity index is 621. The van der Waals surface area contributed by atoms with E-state index in [1.54, 1.807) is 45.0 Å². The van der Waals surface area contributed by atoms with Crippen molar-refractivity contribution in [2.24, 2.45) is 5.92 Å². The van der Waals surface area contributed by atoms with E-state index in [1.165, 1.54) is 6.92 Å². The maximum absolute atomic E-state index is 13.2. The Hall–Kier alpha value is -1.01. The first-order valence-electron chi connectivity index (χ1n) is 8.15. The largest absolute Gasteiger partial charge is 0.465 e. The number of hydrogen-bond acceptors (Lipinski definition) is 6. The highest BCUT2D eigenvalue weighted by atomic mass is 79.9. The zero-order chi connectivity index (χ0) is 19.0.